The van der Waals surface area contributed by atoms with Gasteiger partial charge < -0.3 is 14.7 Å². The molecule has 0 aliphatic carbocycles. The molecule has 0 bridgehead atoms. The Bertz CT molecular complexity index is 943. The number of piperidine rings is 1. The number of rotatable bonds is 4. The van der Waals surface area contributed by atoms with E-state index in [-0.39, 0.29) is 5.57 Å². The number of amides is 2. The molecule has 0 aromatic heterocycles. The first kappa shape index (κ1) is 18.1. The van der Waals surface area contributed by atoms with Crippen LogP contribution in [0, 0.1) is 0 Å². The number of aliphatic hydroxyl groups excluding tert-OH is 1. The van der Waals surface area contributed by atoms with Gasteiger partial charge in [0.2, 0.25) is 0 Å². The fraction of sp³-hybridized carbons (Fsp3) is 0.273. The summed E-state index contributed by atoms with van der Waals surface area (Å²) in [6.45, 7) is 2.03. The summed E-state index contributed by atoms with van der Waals surface area (Å²) in [6, 6.07) is 14.2. The highest BCUT2D eigenvalue weighted by molar-refractivity contribution is 6.45. The molecule has 4 rings (SSSR count). The Hall–Kier alpha value is -3.28. The number of carbonyl (C=O) groups excluding carboxylic acids is 2. The molecule has 1 saturated heterocycles. The molecule has 6 nitrogen and oxygen atoms in total. The van der Waals surface area contributed by atoms with Crippen molar-refractivity contribution in [2.75, 3.05) is 30.0 Å². The second kappa shape index (κ2) is 7.38. The van der Waals surface area contributed by atoms with E-state index in [4.69, 9.17) is 4.74 Å². The highest BCUT2D eigenvalue weighted by atomic mass is 16.5. The second-order valence-corrected chi connectivity index (χ2v) is 6.93. The minimum absolute atomic E-state index is 0.0393. The van der Waals surface area contributed by atoms with Gasteiger partial charge in [-0.2, -0.15) is 0 Å². The molecule has 2 aliphatic rings. The number of hydrogen-bond acceptors (Lipinski definition) is 5. The number of para-hydroxylation sites is 1. The van der Waals surface area contributed by atoms with Crippen molar-refractivity contribution in [3.63, 3.8) is 0 Å². The number of nitrogens with zero attached hydrogens (tertiary/aromatic N) is 2. The topological polar surface area (TPSA) is 70.1 Å². The zero-order valence-electron chi connectivity index (χ0n) is 15.7. The van der Waals surface area contributed by atoms with Gasteiger partial charge in [0, 0.05) is 24.3 Å². The van der Waals surface area contributed by atoms with Gasteiger partial charge in [-0.05, 0) is 49.6 Å². The van der Waals surface area contributed by atoms with E-state index in [2.05, 4.69) is 4.90 Å². The lowest BCUT2D eigenvalue weighted by Gasteiger charge is -2.29. The smallest absolute Gasteiger partial charge is 0.301 e. The molecule has 0 radical (unpaired) electrons. The summed E-state index contributed by atoms with van der Waals surface area (Å²) in [6.07, 6.45) is 3.60. The largest absolute Gasteiger partial charge is 0.502 e. The van der Waals surface area contributed by atoms with Crippen LogP contribution in [0.2, 0.25) is 0 Å². The van der Waals surface area contributed by atoms with Gasteiger partial charge in [-0.3, -0.25) is 9.59 Å². The molecule has 6 heteroatoms. The van der Waals surface area contributed by atoms with Crippen molar-refractivity contribution in [1.82, 2.24) is 0 Å². The summed E-state index contributed by atoms with van der Waals surface area (Å²) < 4.78 is 5.28. The summed E-state index contributed by atoms with van der Waals surface area (Å²) in [5, 5.41) is 10.4. The molecule has 144 valence electrons. The van der Waals surface area contributed by atoms with Crippen molar-refractivity contribution in [1.29, 1.82) is 0 Å². The van der Waals surface area contributed by atoms with E-state index in [1.54, 1.807) is 36.4 Å². The fourth-order valence-electron chi connectivity index (χ4n) is 3.81. The van der Waals surface area contributed by atoms with Gasteiger partial charge in [0.25, 0.3) is 5.91 Å². The highest BCUT2D eigenvalue weighted by Crippen LogP contribution is 2.36. The summed E-state index contributed by atoms with van der Waals surface area (Å²) in [7, 11) is 1.48. The third-order valence-electron chi connectivity index (χ3n) is 5.26. The maximum atomic E-state index is 13.0. The van der Waals surface area contributed by atoms with Crippen LogP contribution in [0.3, 0.4) is 0 Å². The van der Waals surface area contributed by atoms with Crippen LogP contribution in [0.5, 0.6) is 5.75 Å². The molecule has 2 amide bonds. The average Bonchev–Trinajstić information content (AvgIpc) is 2.97. The van der Waals surface area contributed by atoms with E-state index in [0.29, 0.717) is 17.0 Å². The molecule has 0 spiro atoms. The summed E-state index contributed by atoms with van der Waals surface area (Å²) >= 11 is 0. The van der Waals surface area contributed by atoms with E-state index in [1.165, 1.54) is 26.4 Å². The molecule has 2 aromatic rings. The van der Waals surface area contributed by atoms with E-state index in [1.807, 2.05) is 12.1 Å². The lowest BCUT2D eigenvalue weighted by Crippen LogP contribution is -2.32. The Labute approximate surface area is 163 Å². The first-order valence-corrected chi connectivity index (χ1v) is 9.42. The number of imide groups is 1. The van der Waals surface area contributed by atoms with E-state index < -0.39 is 17.6 Å². The SMILES string of the molecule is COc1ccccc1C1=C(O)C(=O)N(c2ccc(N3CCCCC3)cc2)C1=O. The minimum atomic E-state index is -0.725. The molecule has 1 N–H and O–H groups in total. The van der Waals surface area contributed by atoms with Gasteiger partial charge in [-0.15, -0.1) is 0 Å². The van der Waals surface area contributed by atoms with Gasteiger partial charge in [0.1, 0.15) is 5.75 Å². The van der Waals surface area contributed by atoms with Crippen molar-refractivity contribution < 1.29 is 19.4 Å². The molecular weight excluding hydrogens is 356 g/mol. The summed E-state index contributed by atoms with van der Waals surface area (Å²) in [5.41, 5.74) is 1.87. The van der Waals surface area contributed by atoms with Crippen LogP contribution in [0.4, 0.5) is 11.4 Å². The third-order valence-corrected chi connectivity index (χ3v) is 5.26. The number of aliphatic hydroxyl groups is 1. The van der Waals surface area contributed by atoms with E-state index in [0.717, 1.165) is 23.7 Å². The van der Waals surface area contributed by atoms with Crippen molar-refractivity contribution in [2.24, 2.45) is 0 Å². The lowest BCUT2D eigenvalue weighted by molar-refractivity contribution is -0.121. The molecule has 2 aliphatic heterocycles. The van der Waals surface area contributed by atoms with Crippen LogP contribution in [0.15, 0.2) is 54.3 Å². The second-order valence-electron chi connectivity index (χ2n) is 6.93. The van der Waals surface area contributed by atoms with Crippen LogP contribution < -0.4 is 14.5 Å². The Kier molecular flexibility index (Phi) is 4.77. The number of anilines is 2. The van der Waals surface area contributed by atoms with Crippen molar-refractivity contribution in [3.05, 3.63) is 59.9 Å². The Morgan fingerprint density at radius 3 is 2.18 bits per heavy atom. The van der Waals surface area contributed by atoms with E-state index >= 15 is 0 Å². The highest BCUT2D eigenvalue weighted by Gasteiger charge is 2.41. The number of hydrogen-bond donors (Lipinski definition) is 1. The predicted octanol–water partition coefficient (Wildman–Crippen LogP) is 3.53. The number of benzene rings is 2. The van der Waals surface area contributed by atoms with E-state index in [9.17, 15) is 14.7 Å². The standard InChI is InChI=1S/C22H22N2O4/c1-28-18-8-4-3-7-17(18)19-20(25)22(27)24(21(19)26)16-11-9-15(10-12-16)23-13-5-2-6-14-23/h3-4,7-12,25H,2,5-6,13-14H2,1H3. The zero-order valence-corrected chi connectivity index (χ0v) is 15.7. The number of ether oxygens (including phenoxy) is 1. The lowest BCUT2D eigenvalue weighted by atomic mass is 10.0. The maximum absolute atomic E-state index is 13.0. The average molecular weight is 378 g/mol. The van der Waals surface area contributed by atoms with Crippen LogP contribution >= 0.6 is 0 Å². The molecule has 0 unspecified atom stereocenters. The number of methoxy groups -OCH3 is 1. The molecule has 2 heterocycles. The van der Waals surface area contributed by atoms with Gasteiger partial charge >= 0.3 is 5.91 Å². The Balaban J connectivity index is 1.63. The molecule has 28 heavy (non-hydrogen) atoms. The Morgan fingerprint density at radius 1 is 0.857 bits per heavy atom. The van der Waals surface area contributed by atoms with Gasteiger partial charge in [0.15, 0.2) is 5.76 Å². The normalized spacial score (nSPS) is 17.5. The maximum Gasteiger partial charge on any atom is 0.301 e. The molecular formula is C22H22N2O4. The van der Waals surface area contributed by atoms with Crippen LogP contribution in [0.1, 0.15) is 24.8 Å². The summed E-state index contributed by atoms with van der Waals surface area (Å²) in [4.78, 5) is 28.9. The van der Waals surface area contributed by atoms with Crippen LogP contribution in [-0.4, -0.2) is 37.1 Å². The van der Waals surface area contributed by atoms with Gasteiger partial charge in [-0.1, -0.05) is 18.2 Å². The molecule has 2 aromatic carbocycles. The van der Waals surface area contributed by atoms with Crippen molar-refractivity contribution >= 4 is 28.8 Å². The molecule has 0 atom stereocenters. The third kappa shape index (κ3) is 3.01. The first-order valence-electron chi connectivity index (χ1n) is 9.42. The molecule has 0 saturated carbocycles. The predicted molar refractivity (Wildman–Crippen MR) is 108 cm³/mol. The Morgan fingerprint density at radius 2 is 1.50 bits per heavy atom. The monoisotopic (exact) mass is 378 g/mol. The first-order chi connectivity index (χ1) is 13.6. The van der Waals surface area contributed by atoms with Crippen molar-refractivity contribution in [2.45, 2.75) is 19.3 Å². The van der Waals surface area contributed by atoms with Crippen molar-refractivity contribution in [3.8, 4) is 5.75 Å². The fourth-order valence-corrected chi connectivity index (χ4v) is 3.81. The number of carbonyl (C=O) groups is 2. The quantitative estimate of drug-likeness (QED) is 0.825. The van der Waals surface area contributed by atoms with Gasteiger partial charge in [-0.25, -0.2) is 4.90 Å². The van der Waals surface area contributed by atoms with Gasteiger partial charge in [0.05, 0.1) is 18.4 Å². The molecule has 1 fully saturated rings. The van der Waals surface area contributed by atoms with Crippen LogP contribution in [-0.2, 0) is 9.59 Å². The summed E-state index contributed by atoms with van der Waals surface area (Å²) in [5.74, 6) is -1.42. The zero-order chi connectivity index (χ0) is 19.7. The minimum Gasteiger partial charge on any atom is -0.502 e. The van der Waals surface area contributed by atoms with Crippen LogP contribution in [0.25, 0.3) is 5.57 Å².